The summed E-state index contributed by atoms with van der Waals surface area (Å²) in [6.07, 6.45) is 6.49. The highest BCUT2D eigenvalue weighted by Gasteiger charge is 2.27. The van der Waals surface area contributed by atoms with Crippen LogP contribution in [-0.2, 0) is 0 Å². The number of anilines is 5. The van der Waals surface area contributed by atoms with Crippen molar-refractivity contribution < 1.29 is 0 Å². The van der Waals surface area contributed by atoms with Crippen molar-refractivity contribution in [3.05, 3.63) is 168 Å². The maximum absolute atomic E-state index is 3.93. The molecule has 0 atom stereocenters. The van der Waals surface area contributed by atoms with E-state index in [0.29, 0.717) is 6.04 Å². The summed E-state index contributed by atoms with van der Waals surface area (Å²) in [5.41, 5.74) is 9.73. The van der Waals surface area contributed by atoms with E-state index in [0.717, 1.165) is 13.1 Å². The van der Waals surface area contributed by atoms with E-state index >= 15 is 0 Å². The second-order valence-corrected chi connectivity index (χ2v) is 12.8. The van der Waals surface area contributed by atoms with Crippen LogP contribution < -0.4 is 15.1 Å². The van der Waals surface area contributed by atoms with Crippen molar-refractivity contribution in [2.45, 2.75) is 52.0 Å². The van der Waals surface area contributed by atoms with E-state index in [-0.39, 0.29) is 0 Å². The molecule has 0 spiro atoms. The molecule has 7 rings (SSSR count). The number of hydrogen-bond acceptors (Lipinski definition) is 3. The molecule has 0 radical (unpaired) electrons. The van der Waals surface area contributed by atoms with Crippen molar-refractivity contribution in [3.63, 3.8) is 0 Å². The first-order chi connectivity index (χ1) is 23.7. The standard InChI is InChI=1S/C45H46N3/c1-3-47(37-18-10-6-11-19-37)39-28-24-34(25-29-39)45(35-26-30-40(31-27-35)48(4-2)38-20-12-7-13-21-38)43-32-33-44(42-23-15-14-22-41(42)43)46-36-16-8-5-9-17-36/h6-7,10-15,18-33,36,46H,3-5,8-9,16-17H2,1-2H3/q+1. The lowest BCUT2D eigenvalue weighted by molar-refractivity contribution is 0.463. The van der Waals surface area contributed by atoms with E-state index in [1.807, 2.05) is 0 Å². The van der Waals surface area contributed by atoms with Gasteiger partial charge in [-0.25, -0.2) is 0 Å². The van der Waals surface area contributed by atoms with Gasteiger partial charge in [0.05, 0.1) is 39.7 Å². The van der Waals surface area contributed by atoms with Crippen LogP contribution >= 0.6 is 0 Å². The van der Waals surface area contributed by atoms with Crippen LogP contribution in [0.2, 0.25) is 0 Å². The van der Waals surface area contributed by atoms with Crippen molar-refractivity contribution in [1.29, 1.82) is 0 Å². The first-order valence-electron chi connectivity index (χ1n) is 17.7. The molecular formula is C45H46N3+. The first-order valence-corrected chi connectivity index (χ1v) is 17.7. The fourth-order valence-corrected chi connectivity index (χ4v) is 7.45. The van der Waals surface area contributed by atoms with Gasteiger partial charge in [-0.3, -0.25) is 0 Å². The molecule has 0 bridgehead atoms. The van der Waals surface area contributed by atoms with Crippen molar-refractivity contribution >= 4 is 39.2 Å². The topological polar surface area (TPSA) is 18.5 Å². The van der Waals surface area contributed by atoms with Crippen LogP contribution in [-0.4, -0.2) is 19.1 Å². The molecule has 1 fully saturated rings. The molecule has 3 nitrogen and oxygen atoms in total. The summed E-state index contributed by atoms with van der Waals surface area (Å²) in [5.74, 6) is 1.25. The monoisotopic (exact) mass is 628 g/mol. The van der Waals surface area contributed by atoms with Gasteiger partial charge in [0, 0.05) is 41.3 Å². The molecule has 48 heavy (non-hydrogen) atoms. The number of rotatable bonds is 11. The van der Waals surface area contributed by atoms with Crippen molar-refractivity contribution in [3.8, 4) is 0 Å². The zero-order valence-corrected chi connectivity index (χ0v) is 28.3. The zero-order chi connectivity index (χ0) is 32.7. The highest BCUT2D eigenvalue weighted by atomic mass is 15.1. The summed E-state index contributed by atoms with van der Waals surface area (Å²) in [7, 11) is 0. The molecular weight excluding hydrogens is 583 g/mol. The van der Waals surface area contributed by atoms with Crippen LogP contribution in [0.25, 0.3) is 10.8 Å². The molecule has 0 saturated heterocycles. The lowest BCUT2D eigenvalue weighted by Crippen LogP contribution is -2.22. The van der Waals surface area contributed by atoms with Crippen LogP contribution in [0.3, 0.4) is 0 Å². The molecule has 240 valence electrons. The van der Waals surface area contributed by atoms with Gasteiger partial charge < -0.3 is 15.1 Å². The van der Waals surface area contributed by atoms with Crippen LogP contribution in [0.1, 0.15) is 62.6 Å². The summed E-state index contributed by atoms with van der Waals surface area (Å²) in [6, 6.07) is 53.7. The third kappa shape index (κ3) is 6.64. The minimum Gasteiger partial charge on any atom is -0.381 e. The Balaban J connectivity index is 1.30. The molecule has 1 saturated carbocycles. The number of fused-ring (bicyclic) bond motifs is 1. The van der Waals surface area contributed by atoms with E-state index < -0.39 is 0 Å². The van der Waals surface area contributed by atoms with Crippen molar-refractivity contribution in [2.24, 2.45) is 0 Å². The highest BCUT2D eigenvalue weighted by Crippen LogP contribution is 2.40. The Morgan fingerprint density at radius 2 is 0.958 bits per heavy atom. The minimum atomic E-state index is 0.550. The number of para-hydroxylation sites is 2. The fourth-order valence-electron chi connectivity index (χ4n) is 7.45. The average molecular weight is 629 g/mol. The van der Waals surface area contributed by atoms with Gasteiger partial charge in [-0.1, -0.05) is 67.8 Å². The van der Waals surface area contributed by atoms with Gasteiger partial charge in [0.25, 0.3) is 0 Å². The van der Waals surface area contributed by atoms with E-state index in [4.69, 9.17) is 0 Å². The maximum Gasteiger partial charge on any atom is 0.0638 e. The molecule has 0 amide bonds. The highest BCUT2D eigenvalue weighted by molar-refractivity contribution is 5.98. The lowest BCUT2D eigenvalue weighted by Gasteiger charge is -2.26. The summed E-state index contributed by atoms with van der Waals surface area (Å²) in [6.45, 7) is 6.22. The largest absolute Gasteiger partial charge is 0.381 e. The molecule has 0 aliphatic heterocycles. The number of nitrogens with one attached hydrogen (secondary N) is 1. The maximum atomic E-state index is 3.93. The Bertz CT molecular complexity index is 1800. The van der Waals surface area contributed by atoms with E-state index in [2.05, 4.69) is 175 Å². The van der Waals surface area contributed by atoms with Crippen molar-refractivity contribution in [2.75, 3.05) is 28.2 Å². The normalized spacial score (nSPS) is 13.3. The molecule has 1 aliphatic rings. The minimum absolute atomic E-state index is 0.550. The van der Waals surface area contributed by atoms with Crippen LogP contribution in [0.4, 0.5) is 28.4 Å². The predicted octanol–water partition coefficient (Wildman–Crippen LogP) is 11.9. The second-order valence-electron chi connectivity index (χ2n) is 12.8. The Hall–Kier alpha value is -5.15. The van der Waals surface area contributed by atoms with E-state index in [1.165, 1.54) is 93.9 Å². The Kier molecular flexibility index (Phi) is 9.65. The molecule has 6 aromatic rings. The summed E-state index contributed by atoms with van der Waals surface area (Å²) >= 11 is 0. The smallest absolute Gasteiger partial charge is 0.0638 e. The Morgan fingerprint density at radius 3 is 1.46 bits per heavy atom. The fraction of sp³-hybridized carbons (Fsp3) is 0.222. The predicted molar refractivity (Wildman–Crippen MR) is 206 cm³/mol. The zero-order valence-electron chi connectivity index (χ0n) is 28.3. The van der Waals surface area contributed by atoms with E-state index in [9.17, 15) is 0 Å². The van der Waals surface area contributed by atoms with Gasteiger partial charge in [0.1, 0.15) is 0 Å². The molecule has 0 heterocycles. The van der Waals surface area contributed by atoms with Gasteiger partial charge in [-0.05, 0) is 124 Å². The SMILES string of the molecule is CCN(c1ccccc1)c1ccc([C+](c2ccc(N(CC)c3ccccc3)cc2)c2ccc(NC3CCCCC3)c3ccccc23)cc1. The van der Waals surface area contributed by atoms with Gasteiger partial charge in [-0.15, -0.1) is 0 Å². The number of nitrogens with zero attached hydrogens (tertiary/aromatic N) is 2. The molecule has 1 aliphatic carbocycles. The molecule has 3 heteroatoms. The van der Waals surface area contributed by atoms with Gasteiger partial charge >= 0.3 is 0 Å². The molecule has 6 aromatic carbocycles. The Labute approximate surface area is 286 Å². The number of hydrogen-bond donors (Lipinski definition) is 1. The summed E-state index contributed by atoms with van der Waals surface area (Å²) in [5, 5.41) is 6.50. The molecule has 1 N–H and O–H groups in total. The first kappa shape index (κ1) is 31.4. The van der Waals surface area contributed by atoms with E-state index in [1.54, 1.807) is 0 Å². The number of benzene rings is 6. The lowest BCUT2D eigenvalue weighted by atomic mass is 9.82. The van der Waals surface area contributed by atoms with Crippen molar-refractivity contribution in [1.82, 2.24) is 0 Å². The van der Waals surface area contributed by atoms with Gasteiger partial charge in [0.15, 0.2) is 0 Å². The summed E-state index contributed by atoms with van der Waals surface area (Å²) < 4.78 is 0. The third-order valence-electron chi connectivity index (χ3n) is 9.86. The Morgan fingerprint density at radius 1 is 0.500 bits per heavy atom. The quantitative estimate of drug-likeness (QED) is 0.114. The molecule has 0 aromatic heterocycles. The van der Waals surface area contributed by atoms with Gasteiger partial charge in [-0.2, -0.15) is 0 Å². The summed E-state index contributed by atoms with van der Waals surface area (Å²) in [4.78, 5) is 4.73. The third-order valence-corrected chi connectivity index (χ3v) is 9.86. The van der Waals surface area contributed by atoms with Gasteiger partial charge in [0.2, 0.25) is 0 Å². The second kappa shape index (κ2) is 14.7. The van der Waals surface area contributed by atoms with Crippen LogP contribution in [0, 0.1) is 5.92 Å². The van der Waals surface area contributed by atoms with Crippen LogP contribution in [0.5, 0.6) is 0 Å². The average Bonchev–Trinajstić information content (AvgIpc) is 3.16. The van der Waals surface area contributed by atoms with Crippen LogP contribution in [0.15, 0.2) is 146 Å². The molecule has 0 unspecified atom stereocenters.